The number of phenolic OH excluding ortho intramolecular Hbond substituents is 1. The van der Waals surface area contributed by atoms with E-state index in [2.05, 4.69) is 10.2 Å². The fourth-order valence-electron chi connectivity index (χ4n) is 1.57. The lowest BCUT2D eigenvalue weighted by atomic mass is 10.0. The predicted molar refractivity (Wildman–Crippen MR) is 68.6 cm³/mol. The van der Waals surface area contributed by atoms with Crippen LogP contribution in [0.1, 0.15) is 15.9 Å². The SMILES string of the molecule is CNCC(=O)c1cc(CCN(C)C)ccc1O. The average Bonchev–Trinajstić information content (AvgIpc) is 2.28. The first kappa shape index (κ1) is 13.7. The second-order valence-corrected chi connectivity index (χ2v) is 4.36. The highest BCUT2D eigenvalue weighted by Gasteiger charge is 2.11. The number of nitrogens with one attached hydrogen (secondary N) is 1. The van der Waals surface area contributed by atoms with E-state index in [-0.39, 0.29) is 18.1 Å². The Balaban J connectivity index is 2.82. The van der Waals surface area contributed by atoms with E-state index in [0.29, 0.717) is 5.56 Å². The molecule has 0 bridgehead atoms. The van der Waals surface area contributed by atoms with E-state index < -0.39 is 0 Å². The molecule has 0 unspecified atom stereocenters. The summed E-state index contributed by atoms with van der Waals surface area (Å²) < 4.78 is 0. The van der Waals surface area contributed by atoms with Gasteiger partial charge in [-0.05, 0) is 45.3 Å². The summed E-state index contributed by atoms with van der Waals surface area (Å²) in [5.41, 5.74) is 1.46. The summed E-state index contributed by atoms with van der Waals surface area (Å²) in [5.74, 6) is -0.0319. The zero-order valence-corrected chi connectivity index (χ0v) is 10.7. The number of hydrogen-bond acceptors (Lipinski definition) is 4. The number of rotatable bonds is 6. The molecule has 1 rings (SSSR count). The molecule has 0 spiro atoms. The predicted octanol–water partition coefficient (Wildman–Crippen LogP) is 0.898. The van der Waals surface area contributed by atoms with Gasteiger partial charge in [0.05, 0.1) is 12.1 Å². The lowest BCUT2D eigenvalue weighted by Gasteiger charge is -2.11. The van der Waals surface area contributed by atoms with Gasteiger partial charge in [0.2, 0.25) is 0 Å². The number of nitrogens with zero attached hydrogens (tertiary/aromatic N) is 1. The van der Waals surface area contributed by atoms with Gasteiger partial charge >= 0.3 is 0 Å². The highest BCUT2D eigenvalue weighted by atomic mass is 16.3. The van der Waals surface area contributed by atoms with Crippen LogP contribution in [0.3, 0.4) is 0 Å². The van der Waals surface area contributed by atoms with Crippen LogP contribution >= 0.6 is 0 Å². The Hall–Kier alpha value is -1.39. The molecule has 0 heterocycles. The van der Waals surface area contributed by atoms with E-state index in [1.807, 2.05) is 20.2 Å². The number of likely N-dealkylation sites (N-methyl/N-ethyl adjacent to an activating group) is 2. The van der Waals surface area contributed by atoms with Crippen molar-refractivity contribution in [2.45, 2.75) is 6.42 Å². The third kappa shape index (κ3) is 4.17. The molecule has 0 amide bonds. The van der Waals surface area contributed by atoms with Gasteiger partial charge in [-0.25, -0.2) is 0 Å². The van der Waals surface area contributed by atoms with Crippen LogP contribution in [-0.4, -0.2) is 50.0 Å². The second kappa shape index (κ2) is 6.37. The van der Waals surface area contributed by atoms with Crippen LogP contribution in [0.4, 0.5) is 0 Å². The number of phenols is 1. The second-order valence-electron chi connectivity index (χ2n) is 4.36. The number of carbonyl (C=O) groups excluding carboxylic acids is 1. The molecule has 94 valence electrons. The number of benzene rings is 1. The van der Waals surface area contributed by atoms with Gasteiger partial charge < -0.3 is 15.3 Å². The van der Waals surface area contributed by atoms with E-state index >= 15 is 0 Å². The number of hydrogen-bond donors (Lipinski definition) is 2. The number of ketones is 1. The van der Waals surface area contributed by atoms with Crippen LogP contribution in [0, 0.1) is 0 Å². The van der Waals surface area contributed by atoms with Crippen LogP contribution < -0.4 is 5.32 Å². The normalized spacial score (nSPS) is 10.8. The van der Waals surface area contributed by atoms with Crippen molar-refractivity contribution in [2.75, 3.05) is 34.2 Å². The Morgan fingerprint density at radius 1 is 1.41 bits per heavy atom. The van der Waals surface area contributed by atoms with Gasteiger partial charge in [0.25, 0.3) is 0 Å². The number of carbonyl (C=O) groups is 1. The van der Waals surface area contributed by atoms with E-state index in [1.54, 1.807) is 19.2 Å². The van der Waals surface area contributed by atoms with Crippen molar-refractivity contribution in [2.24, 2.45) is 0 Å². The molecular weight excluding hydrogens is 216 g/mol. The third-order valence-electron chi connectivity index (χ3n) is 2.55. The minimum atomic E-state index is -0.0864. The molecule has 0 atom stereocenters. The molecule has 0 saturated carbocycles. The van der Waals surface area contributed by atoms with Crippen molar-refractivity contribution in [3.05, 3.63) is 29.3 Å². The summed E-state index contributed by atoms with van der Waals surface area (Å²) in [6.45, 7) is 1.16. The van der Waals surface area contributed by atoms with Crippen LogP contribution in [0.15, 0.2) is 18.2 Å². The quantitative estimate of drug-likeness (QED) is 0.721. The lowest BCUT2D eigenvalue weighted by Crippen LogP contribution is -2.19. The van der Waals surface area contributed by atoms with Crippen molar-refractivity contribution in [1.82, 2.24) is 10.2 Å². The molecule has 4 heteroatoms. The van der Waals surface area contributed by atoms with E-state index in [9.17, 15) is 9.90 Å². The summed E-state index contributed by atoms with van der Waals surface area (Å²) in [5, 5.41) is 12.4. The van der Waals surface area contributed by atoms with Crippen LogP contribution in [0.25, 0.3) is 0 Å². The Morgan fingerprint density at radius 2 is 2.12 bits per heavy atom. The third-order valence-corrected chi connectivity index (χ3v) is 2.55. The fraction of sp³-hybridized carbons (Fsp3) is 0.462. The molecule has 17 heavy (non-hydrogen) atoms. The fourth-order valence-corrected chi connectivity index (χ4v) is 1.57. The van der Waals surface area contributed by atoms with E-state index in [1.165, 1.54) is 0 Å². The van der Waals surface area contributed by atoms with Gasteiger partial charge in [-0.3, -0.25) is 4.79 Å². The topological polar surface area (TPSA) is 52.6 Å². The summed E-state index contributed by atoms with van der Waals surface area (Å²) in [6, 6.07) is 5.22. The van der Waals surface area contributed by atoms with Crippen LogP contribution in [0.2, 0.25) is 0 Å². The Bertz CT molecular complexity index is 389. The average molecular weight is 236 g/mol. The Labute approximate surface area is 102 Å². The zero-order chi connectivity index (χ0) is 12.8. The number of Topliss-reactive ketones (excluding diaryl/α,β-unsaturated/α-hetero) is 1. The van der Waals surface area contributed by atoms with Crippen molar-refractivity contribution in [1.29, 1.82) is 0 Å². The zero-order valence-electron chi connectivity index (χ0n) is 10.7. The van der Waals surface area contributed by atoms with Gasteiger partial charge in [-0.15, -0.1) is 0 Å². The molecule has 2 N–H and O–H groups in total. The minimum absolute atomic E-state index is 0.0545. The summed E-state index contributed by atoms with van der Waals surface area (Å²) >= 11 is 0. The Kier molecular flexibility index (Phi) is 5.12. The molecule has 0 saturated heterocycles. The van der Waals surface area contributed by atoms with Gasteiger partial charge in [-0.2, -0.15) is 0 Å². The monoisotopic (exact) mass is 236 g/mol. The van der Waals surface area contributed by atoms with Gasteiger partial charge in [-0.1, -0.05) is 6.07 Å². The Morgan fingerprint density at radius 3 is 2.71 bits per heavy atom. The van der Waals surface area contributed by atoms with Gasteiger partial charge in [0, 0.05) is 6.54 Å². The van der Waals surface area contributed by atoms with E-state index in [4.69, 9.17) is 0 Å². The molecule has 0 aromatic heterocycles. The highest BCUT2D eigenvalue weighted by Crippen LogP contribution is 2.19. The van der Waals surface area contributed by atoms with E-state index in [0.717, 1.165) is 18.5 Å². The molecular formula is C13H20N2O2. The molecule has 0 aliphatic carbocycles. The van der Waals surface area contributed by atoms with Gasteiger partial charge in [0.15, 0.2) is 5.78 Å². The highest BCUT2D eigenvalue weighted by molar-refractivity contribution is 6.00. The molecule has 0 radical (unpaired) electrons. The van der Waals surface area contributed by atoms with Crippen LogP contribution in [-0.2, 0) is 6.42 Å². The molecule has 1 aromatic rings. The van der Waals surface area contributed by atoms with Crippen molar-refractivity contribution in [3.8, 4) is 5.75 Å². The minimum Gasteiger partial charge on any atom is -0.507 e. The first-order valence-electron chi connectivity index (χ1n) is 5.69. The largest absolute Gasteiger partial charge is 0.507 e. The van der Waals surface area contributed by atoms with Crippen molar-refractivity contribution >= 4 is 5.78 Å². The maximum atomic E-state index is 11.7. The molecule has 0 aliphatic rings. The molecule has 4 nitrogen and oxygen atoms in total. The summed E-state index contributed by atoms with van der Waals surface area (Å²) in [6.07, 6.45) is 0.868. The number of aromatic hydroxyl groups is 1. The first-order valence-corrected chi connectivity index (χ1v) is 5.69. The maximum absolute atomic E-state index is 11.7. The molecule has 0 fully saturated rings. The summed E-state index contributed by atoms with van der Waals surface area (Å²) in [4.78, 5) is 13.8. The molecule has 1 aromatic carbocycles. The van der Waals surface area contributed by atoms with Crippen LogP contribution in [0.5, 0.6) is 5.75 Å². The van der Waals surface area contributed by atoms with Gasteiger partial charge in [0.1, 0.15) is 5.75 Å². The summed E-state index contributed by atoms with van der Waals surface area (Å²) in [7, 11) is 5.73. The van der Waals surface area contributed by atoms with Crippen molar-refractivity contribution < 1.29 is 9.90 Å². The lowest BCUT2D eigenvalue weighted by molar-refractivity contribution is 0.0991. The molecule has 0 aliphatic heterocycles. The maximum Gasteiger partial charge on any atom is 0.180 e. The smallest absolute Gasteiger partial charge is 0.180 e. The standard InChI is InChI=1S/C13H20N2O2/c1-14-9-13(17)11-8-10(4-5-12(11)16)6-7-15(2)3/h4-5,8,14,16H,6-7,9H2,1-3H3. The first-order chi connectivity index (χ1) is 8.04. The van der Waals surface area contributed by atoms with Crippen molar-refractivity contribution in [3.63, 3.8) is 0 Å².